The Labute approximate surface area is 153 Å². The molecule has 26 heavy (non-hydrogen) atoms. The first-order chi connectivity index (χ1) is 12.7. The topological polar surface area (TPSA) is 80.3 Å². The maximum absolute atomic E-state index is 12.5. The molecule has 2 heterocycles. The second-order valence-electron chi connectivity index (χ2n) is 6.67. The summed E-state index contributed by atoms with van der Waals surface area (Å²) < 4.78 is 10.7. The van der Waals surface area contributed by atoms with E-state index in [-0.39, 0.29) is 18.4 Å². The zero-order valence-electron chi connectivity index (χ0n) is 15.4. The zero-order chi connectivity index (χ0) is 18.4. The first-order valence-electron chi connectivity index (χ1n) is 9.03. The molecule has 0 unspecified atom stereocenters. The van der Waals surface area contributed by atoms with Gasteiger partial charge >= 0.3 is 0 Å². The summed E-state index contributed by atoms with van der Waals surface area (Å²) in [5.41, 5.74) is 1.11. The molecule has 1 saturated heterocycles. The molecule has 1 aliphatic heterocycles. The summed E-state index contributed by atoms with van der Waals surface area (Å²) in [7, 11) is 1.67. The lowest BCUT2D eigenvalue weighted by Gasteiger charge is -2.31. The Morgan fingerprint density at radius 3 is 3.12 bits per heavy atom. The van der Waals surface area contributed by atoms with Crippen molar-refractivity contribution in [3.63, 3.8) is 0 Å². The standard InChI is InChI=1S/C19H26N4O3/c1-14-5-3-7-16(11-14)26-13-18(24)23-9-4-6-15(12-23)19-20-17(21-22-19)8-10-25-2/h3,5,7,11,15H,4,6,8-10,12-13H2,1-2H3,(H,20,21,22)/t15-/m1/s1. The van der Waals surface area contributed by atoms with E-state index in [4.69, 9.17) is 9.47 Å². The number of ether oxygens (including phenoxy) is 2. The lowest BCUT2D eigenvalue weighted by molar-refractivity contribution is -0.134. The number of hydrogen-bond acceptors (Lipinski definition) is 5. The number of H-pyrrole nitrogens is 1. The molecule has 0 bridgehead atoms. The van der Waals surface area contributed by atoms with Crippen LogP contribution in [0.15, 0.2) is 24.3 Å². The minimum Gasteiger partial charge on any atom is -0.484 e. The van der Waals surface area contributed by atoms with Gasteiger partial charge < -0.3 is 14.4 Å². The number of nitrogens with one attached hydrogen (secondary N) is 1. The van der Waals surface area contributed by atoms with E-state index in [2.05, 4.69) is 15.2 Å². The van der Waals surface area contributed by atoms with Crippen molar-refractivity contribution in [2.75, 3.05) is 33.4 Å². The molecule has 2 aromatic rings. The molecule has 7 nitrogen and oxygen atoms in total. The highest BCUT2D eigenvalue weighted by molar-refractivity contribution is 5.78. The highest BCUT2D eigenvalue weighted by Crippen LogP contribution is 2.24. The van der Waals surface area contributed by atoms with Crippen LogP contribution in [0.4, 0.5) is 0 Å². The summed E-state index contributed by atoms with van der Waals surface area (Å²) in [6.07, 6.45) is 2.65. The molecule has 0 aliphatic carbocycles. The van der Waals surface area contributed by atoms with E-state index in [1.54, 1.807) is 7.11 Å². The highest BCUT2D eigenvalue weighted by Gasteiger charge is 2.27. The van der Waals surface area contributed by atoms with Gasteiger partial charge in [-0.15, -0.1) is 0 Å². The number of piperidine rings is 1. The van der Waals surface area contributed by atoms with Crippen molar-refractivity contribution < 1.29 is 14.3 Å². The third-order valence-electron chi connectivity index (χ3n) is 4.58. The van der Waals surface area contributed by atoms with Crippen molar-refractivity contribution in [2.24, 2.45) is 0 Å². The summed E-state index contributed by atoms with van der Waals surface area (Å²) >= 11 is 0. The Balaban J connectivity index is 1.54. The number of nitrogens with zero attached hydrogens (tertiary/aromatic N) is 3. The number of aromatic nitrogens is 3. The van der Waals surface area contributed by atoms with Crippen molar-refractivity contribution >= 4 is 5.91 Å². The number of carbonyl (C=O) groups is 1. The van der Waals surface area contributed by atoms with E-state index in [1.807, 2.05) is 36.1 Å². The Bertz CT molecular complexity index is 731. The fourth-order valence-corrected chi connectivity index (χ4v) is 3.16. The van der Waals surface area contributed by atoms with Gasteiger partial charge in [-0.1, -0.05) is 12.1 Å². The van der Waals surface area contributed by atoms with Gasteiger partial charge in [0.05, 0.1) is 6.61 Å². The minimum atomic E-state index is 0.00588. The van der Waals surface area contributed by atoms with Gasteiger partial charge in [-0.05, 0) is 37.5 Å². The number of methoxy groups -OCH3 is 1. The van der Waals surface area contributed by atoms with Crippen LogP contribution in [0.3, 0.4) is 0 Å². The Hall–Kier alpha value is -2.41. The summed E-state index contributed by atoms with van der Waals surface area (Å²) in [5.74, 6) is 2.51. The van der Waals surface area contributed by atoms with Crippen LogP contribution in [0.5, 0.6) is 5.75 Å². The van der Waals surface area contributed by atoms with Crippen molar-refractivity contribution in [2.45, 2.75) is 32.1 Å². The Kier molecular flexibility index (Phi) is 6.22. The zero-order valence-corrected chi connectivity index (χ0v) is 15.4. The molecule has 1 amide bonds. The minimum absolute atomic E-state index is 0.00588. The lowest BCUT2D eigenvalue weighted by atomic mass is 9.97. The molecule has 7 heteroatoms. The smallest absolute Gasteiger partial charge is 0.260 e. The van der Waals surface area contributed by atoms with E-state index in [0.717, 1.165) is 42.3 Å². The van der Waals surface area contributed by atoms with Crippen LogP contribution in [0, 0.1) is 6.92 Å². The SMILES string of the molecule is COCCc1nc([C@@H]2CCCN(C(=O)COc3cccc(C)c3)C2)n[nH]1. The van der Waals surface area contributed by atoms with Gasteiger partial charge in [0.15, 0.2) is 12.4 Å². The molecule has 1 atom stereocenters. The number of carbonyl (C=O) groups excluding carboxylic acids is 1. The van der Waals surface area contributed by atoms with E-state index in [1.165, 1.54) is 0 Å². The van der Waals surface area contributed by atoms with Crippen LogP contribution in [-0.4, -0.2) is 59.4 Å². The van der Waals surface area contributed by atoms with Gasteiger partial charge in [0.2, 0.25) is 0 Å². The van der Waals surface area contributed by atoms with E-state index < -0.39 is 0 Å². The van der Waals surface area contributed by atoms with E-state index >= 15 is 0 Å². The van der Waals surface area contributed by atoms with Crippen LogP contribution in [0.1, 0.15) is 36.0 Å². The van der Waals surface area contributed by atoms with Gasteiger partial charge in [0, 0.05) is 32.5 Å². The predicted octanol–water partition coefficient (Wildman–Crippen LogP) is 2.09. The number of benzene rings is 1. The summed E-state index contributed by atoms with van der Waals surface area (Å²) in [6, 6.07) is 7.73. The van der Waals surface area contributed by atoms with Crippen molar-refractivity contribution in [3.05, 3.63) is 41.5 Å². The van der Waals surface area contributed by atoms with E-state index in [9.17, 15) is 4.79 Å². The fraction of sp³-hybridized carbons (Fsp3) is 0.526. The quantitative estimate of drug-likeness (QED) is 0.820. The fourth-order valence-electron chi connectivity index (χ4n) is 3.16. The number of amides is 1. The molecule has 0 radical (unpaired) electrons. The number of hydrogen-bond donors (Lipinski definition) is 1. The molecule has 140 valence electrons. The molecular weight excluding hydrogens is 332 g/mol. The monoisotopic (exact) mass is 358 g/mol. The summed E-state index contributed by atoms with van der Waals surface area (Å²) in [6.45, 7) is 4.07. The average molecular weight is 358 g/mol. The van der Waals surface area contributed by atoms with Gasteiger partial charge in [0.25, 0.3) is 5.91 Å². The van der Waals surface area contributed by atoms with Gasteiger partial charge in [-0.2, -0.15) is 5.10 Å². The van der Waals surface area contributed by atoms with Crippen LogP contribution >= 0.6 is 0 Å². The lowest BCUT2D eigenvalue weighted by Crippen LogP contribution is -2.41. The molecule has 1 aliphatic rings. The van der Waals surface area contributed by atoms with E-state index in [0.29, 0.717) is 19.6 Å². The van der Waals surface area contributed by atoms with Gasteiger partial charge in [-0.25, -0.2) is 4.98 Å². The highest BCUT2D eigenvalue weighted by atomic mass is 16.5. The third kappa shape index (κ3) is 4.82. The second-order valence-corrected chi connectivity index (χ2v) is 6.67. The Morgan fingerprint density at radius 1 is 1.42 bits per heavy atom. The molecule has 1 N–H and O–H groups in total. The van der Waals surface area contributed by atoms with Crippen LogP contribution in [0.2, 0.25) is 0 Å². The number of rotatable bonds is 7. The first kappa shape index (κ1) is 18.4. The summed E-state index contributed by atoms with van der Waals surface area (Å²) in [5, 5.41) is 7.29. The molecule has 0 spiro atoms. The molecular formula is C19H26N4O3. The number of aryl methyl sites for hydroxylation is 1. The molecule has 3 rings (SSSR count). The normalized spacial score (nSPS) is 17.3. The Morgan fingerprint density at radius 2 is 2.31 bits per heavy atom. The molecule has 1 fully saturated rings. The van der Waals surface area contributed by atoms with Crippen LogP contribution in [0.25, 0.3) is 0 Å². The van der Waals surface area contributed by atoms with Gasteiger partial charge in [0.1, 0.15) is 11.6 Å². The maximum atomic E-state index is 12.5. The summed E-state index contributed by atoms with van der Waals surface area (Å²) in [4.78, 5) is 18.9. The van der Waals surface area contributed by atoms with Crippen molar-refractivity contribution in [1.82, 2.24) is 20.1 Å². The predicted molar refractivity (Wildman–Crippen MR) is 97.2 cm³/mol. The van der Waals surface area contributed by atoms with Crippen LogP contribution in [-0.2, 0) is 16.0 Å². The number of likely N-dealkylation sites (tertiary alicyclic amines) is 1. The van der Waals surface area contributed by atoms with Crippen molar-refractivity contribution in [1.29, 1.82) is 0 Å². The molecule has 1 aromatic carbocycles. The maximum Gasteiger partial charge on any atom is 0.260 e. The largest absolute Gasteiger partial charge is 0.484 e. The number of aromatic amines is 1. The average Bonchev–Trinajstić information content (AvgIpc) is 3.13. The molecule has 1 aromatic heterocycles. The molecule has 0 saturated carbocycles. The van der Waals surface area contributed by atoms with Crippen molar-refractivity contribution in [3.8, 4) is 5.75 Å². The van der Waals surface area contributed by atoms with Crippen LogP contribution < -0.4 is 4.74 Å². The first-order valence-corrected chi connectivity index (χ1v) is 9.03. The second kappa shape index (κ2) is 8.80. The third-order valence-corrected chi connectivity index (χ3v) is 4.58. The van der Waals surface area contributed by atoms with Gasteiger partial charge in [-0.3, -0.25) is 9.89 Å².